The summed E-state index contributed by atoms with van der Waals surface area (Å²) < 4.78 is 0. The largest absolute Gasteiger partial charge is 0.358 e. The van der Waals surface area contributed by atoms with Gasteiger partial charge < -0.3 is 5.32 Å². The van der Waals surface area contributed by atoms with E-state index in [-0.39, 0.29) is 5.91 Å². The van der Waals surface area contributed by atoms with Gasteiger partial charge in [-0.05, 0) is 18.5 Å². The van der Waals surface area contributed by atoms with Crippen LogP contribution in [0.15, 0.2) is 5.11 Å². The van der Waals surface area contributed by atoms with Crippen LogP contribution < -0.4 is 5.32 Å². The summed E-state index contributed by atoms with van der Waals surface area (Å²) in [5, 5.41) is 5.99. The molecule has 6 heteroatoms. The summed E-state index contributed by atoms with van der Waals surface area (Å²) in [6.45, 7) is 4.29. The molecule has 0 heterocycles. The summed E-state index contributed by atoms with van der Waals surface area (Å²) in [5.41, 5.74) is 8.10. The third kappa shape index (κ3) is 6.28. The Morgan fingerprint density at radius 1 is 1.57 bits per heavy atom. The van der Waals surface area contributed by atoms with Crippen LogP contribution in [0.1, 0.15) is 13.3 Å². The number of carbonyl (C=O) groups is 1. The second-order valence-electron chi connectivity index (χ2n) is 2.90. The van der Waals surface area contributed by atoms with E-state index in [4.69, 9.17) is 5.53 Å². The van der Waals surface area contributed by atoms with Gasteiger partial charge in [-0.1, -0.05) is 12.0 Å². The molecule has 14 heavy (non-hydrogen) atoms. The fourth-order valence-corrected chi connectivity index (χ4v) is 1.10. The van der Waals surface area contributed by atoms with Gasteiger partial charge in [-0.15, -0.1) is 0 Å². The first-order valence-electron chi connectivity index (χ1n) is 4.68. The Morgan fingerprint density at radius 2 is 2.29 bits per heavy atom. The monoisotopic (exact) mass is 199 g/mol. The Kier molecular flexibility index (Phi) is 7.59. The highest BCUT2D eigenvalue weighted by atomic mass is 16.1. The van der Waals surface area contributed by atoms with E-state index in [0.717, 1.165) is 13.0 Å². The third-order valence-corrected chi connectivity index (χ3v) is 1.77. The summed E-state index contributed by atoms with van der Waals surface area (Å²) in [7, 11) is 1.61. The molecule has 0 rings (SSSR count). The third-order valence-electron chi connectivity index (χ3n) is 1.77. The lowest BCUT2D eigenvalue weighted by molar-refractivity contribution is -0.121. The first-order valence-corrected chi connectivity index (χ1v) is 4.68. The minimum atomic E-state index is -0.0145. The van der Waals surface area contributed by atoms with E-state index in [1.165, 1.54) is 0 Å². The number of rotatable bonds is 7. The minimum absolute atomic E-state index is 0.0145. The summed E-state index contributed by atoms with van der Waals surface area (Å²) in [4.78, 5) is 15.7. The van der Waals surface area contributed by atoms with Gasteiger partial charge in [0.05, 0.1) is 6.54 Å². The average molecular weight is 199 g/mol. The Morgan fingerprint density at radius 3 is 2.79 bits per heavy atom. The lowest BCUT2D eigenvalue weighted by Gasteiger charge is -2.19. The van der Waals surface area contributed by atoms with Crippen molar-refractivity contribution in [3.05, 3.63) is 10.4 Å². The van der Waals surface area contributed by atoms with Crippen molar-refractivity contribution in [3.8, 4) is 0 Å². The molecule has 0 saturated carbocycles. The number of amides is 1. The number of hydrogen-bond acceptors (Lipinski definition) is 3. The maximum atomic E-state index is 11.1. The van der Waals surface area contributed by atoms with Crippen LogP contribution in [0.4, 0.5) is 0 Å². The molecule has 0 aromatic heterocycles. The van der Waals surface area contributed by atoms with E-state index in [0.29, 0.717) is 19.6 Å². The van der Waals surface area contributed by atoms with E-state index in [9.17, 15) is 4.79 Å². The highest BCUT2D eigenvalue weighted by molar-refractivity contribution is 5.77. The van der Waals surface area contributed by atoms with E-state index in [1.54, 1.807) is 7.05 Å². The molecular formula is C8H17N5O. The predicted molar refractivity (Wildman–Crippen MR) is 54.8 cm³/mol. The molecule has 1 N–H and O–H groups in total. The van der Waals surface area contributed by atoms with Crippen molar-refractivity contribution in [2.24, 2.45) is 5.11 Å². The molecule has 0 fully saturated rings. The molecule has 0 aliphatic heterocycles. The highest BCUT2D eigenvalue weighted by Gasteiger charge is 2.07. The van der Waals surface area contributed by atoms with Gasteiger partial charge in [0.1, 0.15) is 0 Å². The van der Waals surface area contributed by atoms with Gasteiger partial charge in [0.2, 0.25) is 5.91 Å². The highest BCUT2D eigenvalue weighted by Crippen LogP contribution is 1.91. The summed E-state index contributed by atoms with van der Waals surface area (Å²) >= 11 is 0. The maximum Gasteiger partial charge on any atom is 0.233 e. The Labute approximate surface area is 83.9 Å². The normalized spacial score (nSPS) is 9.64. The zero-order valence-corrected chi connectivity index (χ0v) is 8.73. The molecule has 0 bridgehead atoms. The SMILES string of the molecule is CCCN(CCN=[N+]=[N-])CC(=O)NC. The van der Waals surface area contributed by atoms with Gasteiger partial charge in [-0.2, -0.15) is 0 Å². The quantitative estimate of drug-likeness (QED) is 0.373. The van der Waals surface area contributed by atoms with Crippen LogP contribution in [0.5, 0.6) is 0 Å². The standard InChI is InChI=1S/C8H17N5O/c1-3-5-13(6-4-11-12-9)7-8(14)10-2/h3-7H2,1-2H3,(H,10,14). The smallest absolute Gasteiger partial charge is 0.233 e. The van der Waals surface area contributed by atoms with Gasteiger partial charge in [-0.25, -0.2) is 0 Å². The first kappa shape index (κ1) is 12.7. The predicted octanol–water partition coefficient (Wildman–Crippen LogP) is 0.755. The molecule has 0 spiro atoms. The molecule has 0 aromatic carbocycles. The van der Waals surface area contributed by atoms with Gasteiger partial charge in [0, 0.05) is 25.0 Å². The summed E-state index contributed by atoms with van der Waals surface area (Å²) in [6.07, 6.45) is 0.979. The van der Waals surface area contributed by atoms with Gasteiger partial charge in [-0.3, -0.25) is 9.69 Å². The fraction of sp³-hybridized carbons (Fsp3) is 0.875. The number of nitrogens with zero attached hydrogens (tertiary/aromatic N) is 4. The lowest BCUT2D eigenvalue weighted by atomic mass is 10.4. The molecule has 0 atom stereocenters. The van der Waals surface area contributed by atoms with E-state index in [1.807, 2.05) is 11.8 Å². The van der Waals surface area contributed by atoms with Crippen molar-refractivity contribution in [1.29, 1.82) is 0 Å². The van der Waals surface area contributed by atoms with Crippen LogP contribution in [0, 0.1) is 0 Å². The molecule has 6 nitrogen and oxygen atoms in total. The second-order valence-corrected chi connectivity index (χ2v) is 2.90. The summed E-state index contributed by atoms with van der Waals surface area (Å²) in [5.74, 6) is -0.0145. The van der Waals surface area contributed by atoms with Gasteiger partial charge in [0.25, 0.3) is 0 Å². The van der Waals surface area contributed by atoms with Crippen molar-refractivity contribution in [3.63, 3.8) is 0 Å². The molecule has 0 aliphatic rings. The van der Waals surface area contributed by atoms with E-state index >= 15 is 0 Å². The van der Waals surface area contributed by atoms with Crippen LogP contribution in [0.3, 0.4) is 0 Å². The number of nitrogens with one attached hydrogen (secondary N) is 1. The number of carbonyl (C=O) groups excluding carboxylic acids is 1. The maximum absolute atomic E-state index is 11.1. The van der Waals surface area contributed by atoms with Crippen molar-refractivity contribution in [2.75, 3.05) is 33.2 Å². The number of hydrogen-bond donors (Lipinski definition) is 1. The van der Waals surface area contributed by atoms with E-state index in [2.05, 4.69) is 15.3 Å². The molecule has 80 valence electrons. The van der Waals surface area contributed by atoms with Crippen molar-refractivity contribution in [2.45, 2.75) is 13.3 Å². The summed E-state index contributed by atoms with van der Waals surface area (Å²) in [6, 6.07) is 0. The topological polar surface area (TPSA) is 81.1 Å². The van der Waals surface area contributed by atoms with Gasteiger partial charge in [0.15, 0.2) is 0 Å². The number of likely N-dealkylation sites (N-methyl/N-ethyl adjacent to an activating group) is 1. The molecule has 0 aliphatic carbocycles. The second kappa shape index (κ2) is 8.34. The number of azide groups is 1. The van der Waals surface area contributed by atoms with Crippen molar-refractivity contribution in [1.82, 2.24) is 10.2 Å². The lowest BCUT2D eigenvalue weighted by Crippen LogP contribution is -2.37. The van der Waals surface area contributed by atoms with Crippen LogP contribution in [-0.4, -0.2) is 44.0 Å². The van der Waals surface area contributed by atoms with E-state index < -0.39 is 0 Å². The average Bonchev–Trinajstić information content (AvgIpc) is 2.18. The Bertz CT molecular complexity index is 212. The zero-order chi connectivity index (χ0) is 10.8. The Balaban J connectivity index is 3.87. The zero-order valence-electron chi connectivity index (χ0n) is 8.73. The van der Waals surface area contributed by atoms with Crippen molar-refractivity contribution >= 4 is 5.91 Å². The minimum Gasteiger partial charge on any atom is -0.358 e. The molecule has 0 radical (unpaired) electrons. The Hall–Kier alpha value is -1.26. The molecular weight excluding hydrogens is 182 g/mol. The first-order chi connectivity index (χ1) is 6.74. The molecule has 0 unspecified atom stereocenters. The van der Waals surface area contributed by atoms with Crippen LogP contribution in [0.25, 0.3) is 10.4 Å². The molecule has 1 amide bonds. The molecule has 0 saturated heterocycles. The van der Waals surface area contributed by atoms with Crippen LogP contribution in [0.2, 0.25) is 0 Å². The van der Waals surface area contributed by atoms with Gasteiger partial charge >= 0.3 is 0 Å². The van der Waals surface area contributed by atoms with Crippen molar-refractivity contribution < 1.29 is 4.79 Å². The molecule has 0 aromatic rings. The van der Waals surface area contributed by atoms with Crippen LogP contribution in [-0.2, 0) is 4.79 Å². The van der Waals surface area contributed by atoms with Crippen LogP contribution >= 0.6 is 0 Å². The fourth-order valence-electron chi connectivity index (χ4n) is 1.10.